The van der Waals surface area contributed by atoms with Crippen LogP contribution in [0, 0.1) is 46.3 Å². The summed E-state index contributed by atoms with van der Waals surface area (Å²) in [5, 5.41) is 10.9. The standard InChI is InChI=1S/C24H38O2/c1-16(7-12-22(25)26)19-10-11-20-18-9-8-17-6-4-5-14-23(17,2)21(18)13-15-24(19,20)3/h8-9,16-21H,4-7,10-15H2,1-3H3,(H,25,26)/p-1/t16-,17-,18+,19+,20-,21+,23-,24+/m0/s1. The zero-order valence-electron chi connectivity index (χ0n) is 17.0. The molecule has 4 aliphatic carbocycles. The zero-order valence-corrected chi connectivity index (χ0v) is 17.0. The minimum atomic E-state index is -0.883. The van der Waals surface area contributed by atoms with Crippen molar-refractivity contribution in [1.29, 1.82) is 0 Å². The van der Waals surface area contributed by atoms with Crippen LogP contribution in [0.2, 0.25) is 0 Å². The summed E-state index contributed by atoms with van der Waals surface area (Å²) < 4.78 is 0. The molecule has 4 aliphatic rings. The van der Waals surface area contributed by atoms with Crippen molar-refractivity contribution in [3.63, 3.8) is 0 Å². The Bertz CT molecular complexity index is 581. The molecular formula is C24H37O2-. The van der Waals surface area contributed by atoms with E-state index in [1.807, 2.05) is 0 Å². The molecular weight excluding hydrogens is 320 g/mol. The van der Waals surface area contributed by atoms with Crippen molar-refractivity contribution in [2.24, 2.45) is 46.3 Å². The van der Waals surface area contributed by atoms with Crippen LogP contribution in [0.1, 0.15) is 85.0 Å². The first kappa shape index (κ1) is 18.6. The Labute approximate surface area is 159 Å². The molecule has 0 saturated heterocycles. The highest BCUT2D eigenvalue weighted by Gasteiger charge is 2.58. The molecule has 8 atom stereocenters. The molecule has 0 amide bonds. The largest absolute Gasteiger partial charge is 0.550 e. The van der Waals surface area contributed by atoms with E-state index in [2.05, 4.69) is 32.9 Å². The van der Waals surface area contributed by atoms with Gasteiger partial charge in [-0.05, 0) is 97.7 Å². The average molecular weight is 358 g/mol. The van der Waals surface area contributed by atoms with E-state index in [1.54, 1.807) is 0 Å². The van der Waals surface area contributed by atoms with Crippen LogP contribution in [-0.4, -0.2) is 5.97 Å². The number of carboxylic acid groups (broad SMARTS) is 1. The Kier molecular flexibility index (Phi) is 4.77. The summed E-state index contributed by atoms with van der Waals surface area (Å²) in [7, 11) is 0. The van der Waals surface area contributed by atoms with Crippen LogP contribution in [-0.2, 0) is 4.79 Å². The van der Waals surface area contributed by atoms with Gasteiger partial charge < -0.3 is 9.90 Å². The lowest BCUT2D eigenvalue weighted by Crippen LogP contribution is -2.51. The number of rotatable bonds is 4. The number of aliphatic carboxylic acids is 1. The molecule has 0 unspecified atom stereocenters. The molecule has 0 aromatic carbocycles. The van der Waals surface area contributed by atoms with Crippen LogP contribution in [0.3, 0.4) is 0 Å². The normalized spacial score (nSPS) is 48.3. The third-order valence-corrected chi connectivity index (χ3v) is 9.64. The van der Waals surface area contributed by atoms with Gasteiger partial charge in [0, 0.05) is 5.97 Å². The van der Waals surface area contributed by atoms with Crippen molar-refractivity contribution in [2.75, 3.05) is 0 Å². The highest BCUT2D eigenvalue weighted by Crippen LogP contribution is 2.66. The van der Waals surface area contributed by atoms with Crippen LogP contribution >= 0.6 is 0 Å². The van der Waals surface area contributed by atoms with E-state index in [1.165, 1.54) is 51.4 Å². The van der Waals surface area contributed by atoms with E-state index in [0.29, 0.717) is 22.7 Å². The van der Waals surface area contributed by atoms with Crippen LogP contribution in [0.25, 0.3) is 0 Å². The fourth-order valence-electron chi connectivity index (χ4n) is 8.18. The first-order valence-electron chi connectivity index (χ1n) is 11.2. The van der Waals surface area contributed by atoms with Gasteiger partial charge >= 0.3 is 0 Å². The summed E-state index contributed by atoms with van der Waals surface area (Å²) in [5.41, 5.74) is 0.951. The van der Waals surface area contributed by atoms with Gasteiger partial charge in [-0.1, -0.05) is 45.8 Å². The number of hydrogen-bond acceptors (Lipinski definition) is 2. The van der Waals surface area contributed by atoms with Gasteiger partial charge in [0.15, 0.2) is 0 Å². The summed E-state index contributed by atoms with van der Waals surface area (Å²) in [5.74, 6) is 3.60. The lowest BCUT2D eigenvalue weighted by Gasteiger charge is -2.58. The van der Waals surface area contributed by atoms with E-state index < -0.39 is 5.97 Å². The quantitative estimate of drug-likeness (QED) is 0.666. The molecule has 0 heterocycles. The molecule has 4 rings (SSSR count). The molecule has 3 fully saturated rings. The van der Waals surface area contributed by atoms with E-state index in [-0.39, 0.29) is 6.42 Å². The lowest BCUT2D eigenvalue weighted by molar-refractivity contribution is -0.306. The first-order chi connectivity index (χ1) is 12.4. The molecule has 0 bridgehead atoms. The predicted molar refractivity (Wildman–Crippen MR) is 103 cm³/mol. The van der Waals surface area contributed by atoms with Crippen molar-refractivity contribution >= 4 is 5.97 Å². The topological polar surface area (TPSA) is 40.1 Å². The fraction of sp³-hybridized carbons (Fsp3) is 0.875. The Morgan fingerprint density at radius 3 is 2.58 bits per heavy atom. The first-order valence-corrected chi connectivity index (χ1v) is 11.2. The van der Waals surface area contributed by atoms with Crippen molar-refractivity contribution in [3.05, 3.63) is 12.2 Å². The number of carbonyl (C=O) groups excluding carboxylic acids is 1. The predicted octanol–water partition coefficient (Wildman–Crippen LogP) is 4.98. The molecule has 146 valence electrons. The number of carboxylic acids is 1. The van der Waals surface area contributed by atoms with Gasteiger partial charge in [-0.2, -0.15) is 0 Å². The van der Waals surface area contributed by atoms with Crippen LogP contribution in [0.15, 0.2) is 12.2 Å². The Hall–Kier alpha value is -0.790. The average Bonchev–Trinajstić information content (AvgIpc) is 2.96. The highest BCUT2D eigenvalue weighted by molar-refractivity contribution is 5.64. The smallest absolute Gasteiger partial charge is 0.0414 e. The van der Waals surface area contributed by atoms with Gasteiger partial charge in [-0.25, -0.2) is 0 Å². The number of fused-ring (bicyclic) bond motifs is 5. The molecule has 26 heavy (non-hydrogen) atoms. The van der Waals surface area contributed by atoms with Gasteiger partial charge in [0.25, 0.3) is 0 Å². The van der Waals surface area contributed by atoms with Crippen molar-refractivity contribution in [1.82, 2.24) is 0 Å². The lowest BCUT2D eigenvalue weighted by atomic mass is 9.46. The van der Waals surface area contributed by atoms with Gasteiger partial charge in [0.1, 0.15) is 0 Å². The van der Waals surface area contributed by atoms with Gasteiger partial charge in [0.2, 0.25) is 0 Å². The molecule has 0 radical (unpaired) electrons. The van der Waals surface area contributed by atoms with Crippen LogP contribution in [0.5, 0.6) is 0 Å². The van der Waals surface area contributed by atoms with Crippen LogP contribution in [0.4, 0.5) is 0 Å². The number of hydrogen-bond donors (Lipinski definition) is 0. The van der Waals surface area contributed by atoms with Crippen molar-refractivity contribution in [3.8, 4) is 0 Å². The maximum absolute atomic E-state index is 10.9. The fourth-order valence-corrected chi connectivity index (χ4v) is 8.18. The SMILES string of the molecule is C[C@@H](CCC(=O)[O-])[C@H]1CC[C@H]2[C@H]3C=C[C@@H]4CCCC[C@]4(C)[C@@H]3CC[C@]12C. The van der Waals surface area contributed by atoms with Crippen LogP contribution < -0.4 is 5.11 Å². The highest BCUT2D eigenvalue weighted by atomic mass is 16.4. The monoisotopic (exact) mass is 357 g/mol. The maximum Gasteiger partial charge on any atom is 0.0414 e. The van der Waals surface area contributed by atoms with Gasteiger partial charge in [0.05, 0.1) is 0 Å². The number of allylic oxidation sites excluding steroid dienone is 2. The van der Waals surface area contributed by atoms with Gasteiger partial charge in [-0.3, -0.25) is 0 Å². The third-order valence-electron chi connectivity index (χ3n) is 9.64. The Morgan fingerprint density at radius 2 is 1.81 bits per heavy atom. The van der Waals surface area contributed by atoms with E-state index >= 15 is 0 Å². The summed E-state index contributed by atoms with van der Waals surface area (Å²) in [6.45, 7) is 7.45. The van der Waals surface area contributed by atoms with Crippen molar-refractivity contribution < 1.29 is 9.90 Å². The van der Waals surface area contributed by atoms with Crippen molar-refractivity contribution in [2.45, 2.75) is 85.0 Å². The second-order valence-corrected chi connectivity index (χ2v) is 10.6. The van der Waals surface area contributed by atoms with E-state index in [4.69, 9.17) is 0 Å². The molecule has 0 aromatic rings. The summed E-state index contributed by atoms with van der Waals surface area (Å²) >= 11 is 0. The second kappa shape index (κ2) is 6.67. The minimum Gasteiger partial charge on any atom is -0.550 e. The summed E-state index contributed by atoms with van der Waals surface area (Å²) in [6, 6.07) is 0. The Balaban J connectivity index is 1.55. The van der Waals surface area contributed by atoms with Gasteiger partial charge in [-0.15, -0.1) is 0 Å². The molecule has 2 heteroatoms. The summed E-state index contributed by atoms with van der Waals surface area (Å²) in [6.07, 6.45) is 17.3. The summed E-state index contributed by atoms with van der Waals surface area (Å²) in [4.78, 5) is 10.9. The molecule has 2 nitrogen and oxygen atoms in total. The zero-order chi connectivity index (χ0) is 18.5. The molecule has 0 aromatic heterocycles. The number of carbonyl (C=O) groups is 1. The molecule has 0 N–H and O–H groups in total. The molecule has 3 saturated carbocycles. The van der Waals surface area contributed by atoms with E-state index in [9.17, 15) is 9.90 Å². The third kappa shape index (κ3) is 2.78. The Morgan fingerprint density at radius 1 is 1.04 bits per heavy atom. The van der Waals surface area contributed by atoms with E-state index in [0.717, 1.165) is 30.1 Å². The maximum atomic E-state index is 10.9. The second-order valence-electron chi connectivity index (χ2n) is 10.6. The minimum absolute atomic E-state index is 0.226. The molecule has 0 spiro atoms. The molecule has 0 aliphatic heterocycles.